The lowest BCUT2D eigenvalue weighted by Crippen LogP contribution is -2.36. The van der Waals surface area contributed by atoms with Gasteiger partial charge in [0.05, 0.1) is 6.61 Å². The van der Waals surface area contributed by atoms with Crippen LogP contribution in [0.25, 0.3) is 0 Å². The average molecular weight is 283 g/mol. The first-order valence-electron chi connectivity index (χ1n) is 6.15. The molecule has 1 saturated carbocycles. The summed E-state index contributed by atoms with van der Waals surface area (Å²) in [7, 11) is 1.62. The van der Waals surface area contributed by atoms with E-state index in [9.17, 15) is 9.59 Å². The lowest BCUT2D eigenvalue weighted by molar-refractivity contribution is -0.114. The molecule has 0 atom stereocenters. The van der Waals surface area contributed by atoms with Gasteiger partial charge in [-0.1, -0.05) is 0 Å². The number of methoxy groups -OCH3 is 1. The molecule has 2 amide bonds. The zero-order chi connectivity index (χ0) is 13.8. The van der Waals surface area contributed by atoms with Crippen LogP contribution in [0.1, 0.15) is 30.3 Å². The Kier molecular flexibility index (Phi) is 4.49. The largest absolute Gasteiger partial charge is 0.383 e. The van der Waals surface area contributed by atoms with Crippen LogP contribution >= 0.6 is 11.3 Å². The molecule has 0 aromatic carbocycles. The van der Waals surface area contributed by atoms with E-state index >= 15 is 0 Å². The van der Waals surface area contributed by atoms with Gasteiger partial charge in [-0.15, -0.1) is 11.3 Å². The number of carbonyl (C=O) groups is 2. The molecular formula is C12H17N3O3S. The second kappa shape index (κ2) is 6.12. The summed E-state index contributed by atoms with van der Waals surface area (Å²) in [5.41, 5.74) is 0.386. The monoisotopic (exact) mass is 283 g/mol. The normalized spacial score (nSPS) is 14.2. The van der Waals surface area contributed by atoms with Crippen LogP contribution < -0.4 is 5.32 Å². The molecule has 0 spiro atoms. The van der Waals surface area contributed by atoms with E-state index < -0.39 is 0 Å². The Bertz CT molecular complexity index is 471. The highest BCUT2D eigenvalue weighted by Gasteiger charge is 2.33. The minimum absolute atomic E-state index is 0.0904. The minimum Gasteiger partial charge on any atom is -0.383 e. The van der Waals surface area contributed by atoms with Gasteiger partial charge < -0.3 is 15.0 Å². The van der Waals surface area contributed by atoms with Gasteiger partial charge in [-0.05, 0) is 12.8 Å². The number of thiazole rings is 1. The van der Waals surface area contributed by atoms with E-state index in [1.807, 2.05) is 0 Å². The Morgan fingerprint density at radius 3 is 2.89 bits per heavy atom. The molecule has 1 fully saturated rings. The summed E-state index contributed by atoms with van der Waals surface area (Å²) >= 11 is 1.26. The Morgan fingerprint density at radius 1 is 1.58 bits per heavy atom. The highest BCUT2D eigenvalue weighted by atomic mass is 32.1. The maximum Gasteiger partial charge on any atom is 0.273 e. The highest BCUT2D eigenvalue weighted by molar-refractivity contribution is 7.14. The van der Waals surface area contributed by atoms with Crippen LogP contribution in [0.3, 0.4) is 0 Å². The van der Waals surface area contributed by atoms with E-state index in [-0.39, 0.29) is 11.8 Å². The Hall–Kier alpha value is -1.47. The number of hydrogen-bond donors (Lipinski definition) is 1. The number of ether oxygens (including phenoxy) is 1. The Morgan fingerprint density at radius 2 is 2.32 bits per heavy atom. The fourth-order valence-corrected chi connectivity index (χ4v) is 2.48. The van der Waals surface area contributed by atoms with Crippen LogP contribution in [0.4, 0.5) is 5.13 Å². The van der Waals surface area contributed by atoms with Gasteiger partial charge in [0, 0.05) is 32.0 Å². The SMILES string of the molecule is COCCN(C(=O)c1csc(NC(C)=O)n1)C1CC1. The van der Waals surface area contributed by atoms with Crippen molar-refractivity contribution in [3.63, 3.8) is 0 Å². The zero-order valence-corrected chi connectivity index (χ0v) is 11.8. The van der Waals surface area contributed by atoms with Crippen molar-refractivity contribution < 1.29 is 14.3 Å². The summed E-state index contributed by atoms with van der Waals surface area (Å²) in [5.74, 6) is -0.279. The molecule has 2 rings (SSSR count). The fourth-order valence-electron chi connectivity index (χ4n) is 1.75. The van der Waals surface area contributed by atoms with Crippen molar-refractivity contribution in [2.45, 2.75) is 25.8 Å². The standard InChI is InChI=1S/C12H17N3O3S/c1-8(16)13-12-14-10(7-19-12)11(17)15(5-6-18-2)9-3-4-9/h7,9H,3-6H2,1-2H3,(H,13,14,16). The number of nitrogens with zero attached hydrogens (tertiary/aromatic N) is 2. The van der Waals surface area contributed by atoms with Gasteiger partial charge in [0.1, 0.15) is 5.69 Å². The molecule has 1 heterocycles. The van der Waals surface area contributed by atoms with Gasteiger partial charge in [0.15, 0.2) is 5.13 Å². The van der Waals surface area contributed by atoms with E-state index in [2.05, 4.69) is 10.3 Å². The van der Waals surface area contributed by atoms with Crippen molar-refractivity contribution in [3.8, 4) is 0 Å². The van der Waals surface area contributed by atoms with Crippen molar-refractivity contribution in [1.29, 1.82) is 0 Å². The number of carbonyl (C=O) groups excluding carboxylic acids is 2. The van der Waals surface area contributed by atoms with Crippen LogP contribution in [-0.4, -0.2) is 48.0 Å². The van der Waals surface area contributed by atoms with Gasteiger partial charge >= 0.3 is 0 Å². The summed E-state index contributed by atoms with van der Waals surface area (Å²) in [6, 6.07) is 0.313. The summed E-state index contributed by atoms with van der Waals surface area (Å²) in [6.07, 6.45) is 2.08. The molecule has 1 N–H and O–H groups in total. The lowest BCUT2D eigenvalue weighted by atomic mass is 10.3. The predicted octanol–water partition coefficient (Wildman–Crippen LogP) is 1.35. The second-order valence-corrected chi connectivity index (χ2v) is 5.30. The van der Waals surface area contributed by atoms with Gasteiger partial charge in [-0.25, -0.2) is 4.98 Å². The quantitative estimate of drug-likeness (QED) is 0.855. The third-order valence-corrected chi connectivity index (χ3v) is 3.55. The summed E-state index contributed by atoms with van der Waals surface area (Å²) in [4.78, 5) is 29.2. The van der Waals surface area contributed by atoms with Crippen molar-refractivity contribution in [2.24, 2.45) is 0 Å². The minimum atomic E-state index is -0.188. The number of rotatable bonds is 6. The number of nitrogens with one attached hydrogen (secondary N) is 1. The number of aromatic nitrogens is 1. The first-order valence-corrected chi connectivity index (χ1v) is 7.03. The molecule has 104 valence electrons. The van der Waals surface area contributed by atoms with Crippen molar-refractivity contribution in [1.82, 2.24) is 9.88 Å². The molecule has 19 heavy (non-hydrogen) atoms. The third kappa shape index (κ3) is 3.74. The molecule has 6 nitrogen and oxygen atoms in total. The molecule has 0 unspecified atom stereocenters. The number of hydrogen-bond acceptors (Lipinski definition) is 5. The van der Waals surface area contributed by atoms with E-state index in [4.69, 9.17) is 4.74 Å². The Balaban J connectivity index is 2.03. The van der Waals surface area contributed by atoms with E-state index in [1.165, 1.54) is 18.3 Å². The van der Waals surface area contributed by atoms with Crippen LogP contribution in [0, 0.1) is 0 Å². The van der Waals surface area contributed by atoms with Crippen molar-refractivity contribution in [2.75, 3.05) is 25.6 Å². The molecule has 1 aromatic rings. The fraction of sp³-hybridized carbons (Fsp3) is 0.583. The maximum absolute atomic E-state index is 12.3. The third-order valence-electron chi connectivity index (χ3n) is 2.79. The molecule has 0 aliphatic heterocycles. The first kappa shape index (κ1) is 14.0. The molecule has 0 bridgehead atoms. The van der Waals surface area contributed by atoms with Crippen LogP contribution in [-0.2, 0) is 9.53 Å². The predicted molar refractivity (Wildman–Crippen MR) is 72.4 cm³/mol. The molecule has 1 aliphatic carbocycles. The number of anilines is 1. The second-order valence-electron chi connectivity index (χ2n) is 4.44. The first-order chi connectivity index (χ1) is 9.11. The van der Waals surface area contributed by atoms with Crippen LogP contribution in [0.15, 0.2) is 5.38 Å². The highest BCUT2D eigenvalue weighted by Crippen LogP contribution is 2.28. The van der Waals surface area contributed by atoms with Crippen LogP contribution in [0.2, 0.25) is 0 Å². The van der Waals surface area contributed by atoms with Gasteiger partial charge in [0.2, 0.25) is 5.91 Å². The molecule has 1 aliphatic rings. The molecule has 0 saturated heterocycles. The number of amides is 2. The summed E-state index contributed by atoms with van der Waals surface area (Å²) in [6.45, 7) is 2.51. The zero-order valence-electron chi connectivity index (χ0n) is 11.0. The topological polar surface area (TPSA) is 71.5 Å². The molecule has 1 aromatic heterocycles. The average Bonchev–Trinajstić information content (AvgIpc) is 3.09. The molecule has 7 heteroatoms. The van der Waals surface area contributed by atoms with E-state index in [1.54, 1.807) is 17.4 Å². The van der Waals surface area contributed by atoms with Crippen molar-refractivity contribution in [3.05, 3.63) is 11.1 Å². The van der Waals surface area contributed by atoms with Gasteiger partial charge in [-0.3, -0.25) is 9.59 Å². The molecular weight excluding hydrogens is 266 g/mol. The maximum atomic E-state index is 12.3. The summed E-state index contributed by atoms with van der Waals surface area (Å²) in [5, 5.41) is 4.71. The van der Waals surface area contributed by atoms with Crippen molar-refractivity contribution >= 4 is 28.3 Å². The van der Waals surface area contributed by atoms with Crippen LogP contribution in [0.5, 0.6) is 0 Å². The van der Waals surface area contributed by atoms with E-state index in [0.717, 1.165) is 12.8 Å². The molecule has 0 radical (unpaired) electrons. The smallest absolute Gasteiger partial charge is 0.273 e. The van der Waals surface area contributed by atoms with E-state index in [0.29, 0.717) is 30.0 Å². The lowest BCUT2D eigenvalue weighted by Gasteiger charge is -2.20. The Labute approximate surface area is 115 Å². The van der Waals surface area contributed by atoms with Gasteiger partial charge in [-0.2, -0.15) is 0 Å². The van der Waals surface area contributed by atoms with Gasteiger partial charge in [0.25, 0.3) is 5.91 Å². The summed E-state index contributed by atoms with van der Waals surface area (Å²) < 4.78 is 5.03.